The maximum atomic E-state index is 13.1. The predicted octanol–water partition coefficient (Wildman–Crippen LogP) is 4.05. The first-order valence-electron chi connectivity index (χ1n) is 11.0. The number of sulfonamides is 1. The average molecular weight is 546 g/mol. The first-order valence-corrected chi connectivity index (χ1v) is 13.3. The van der Waals surface area contributed by atoms with Crippen LogP contribution in [-0.4, -0.2) is 46.8 Å². The summed E-state index contributed by atoms with van der Waals surface area (Å²) in [5.41, 5.74) is 1.34. The molecule has 194 valence electrons. The van der Waals surface area contributed by atoms with Gasteiger partial charge in [-0.3, -0.25) is 9.52 Å². The Hall–Kier alpha value is -3.74. The van der Waals surface area contributed by atoms with E-state index in [1.807, 2.05) is 16.7 Å². The van der Waals surface area contributed by atoms with Crippen molar-refractivity contribution in [3.8, 4) is 11.5 Å². The average Bonchev–Trinajstić information content (AvgIpc) is 3.22. The van der Waals surface area contributed by atoms with Crippen LogP contribution in [-0.2, 0) is 21.3 Å². The third-order valence-electron chi connectivity index (χ3n) is 5.41. The van der Waals surface area contributed by atoms with Gasteiger partial charge in [-0.2, -0.15) is 4.99 Å². The smallest absolute Gasteiger partial charge is 0.279 e. The van der Waals surface area contributed by atoms with Crippen molar-refractivity contribution in [2.45, 2.75) is 11.4 Å². The van der Waals surface area contributed by atoms with Crippen LogP contribution in [0.25, 0.3) is 10.2 Å². The zero-order valence-corrected chi connectivity index (χ0v) is 21.9. The maximum Gasteiger partial charge on any atom is 0.279 e. The van der Waals surface area contributed by atoms with Crippen molar-refractivity contribution in [1.82, 2.24) is 4.57 Å². The van der Waals surface area contributed by atoms with E-state index in [2.05, 4.69) is 9.71 Å². The SMILES string of the molecule is COCCn1c(=NC(=O)c2ccc(NS(=O)(=O)c3ccc(F)cc3)cc2)sc2cc(OC)c(OC)cc21. The summed E-state index contributed by atoms with van der Waals surface area (Å²) in [6, 6.07) is 14.0. The van der Waals surface area contributed by atoms with Gasteiger partial charge in [0.1, 0.15) is 5.82 Å². The highest BCUT2D eigenvalue weighted by Gasteiger charge is 2.16. The molecular formula is C25H24FN3O6S2. The number of hydrogen-bond donors (Lipinski definition) is 1. The van der Waals surface area contributed by atoms with E-state index in [-0.39, 0.29) is 16.1 Å². The van der Waals surface area contributed by atoms with Crippen LogP contribution in [0.15, 0.2) is 70.6 Å². The minimum absolute atomic E-state index is 0.0808. The fraction of sp³-hybridized carbons (Fsp3) is 0.200. The molecule has 0 bridgehead atoms. The molecule has 0 fully saturated rings. The quantitative estimate of drug-likeness (QED) is 0.340. The van der Waals surface area contributed by atoms with Crippen molar-refractivity contribution in [3.63, 3.8) is 0 Å². The summed E-state index contributed by atoms with van der Waals surface area (Å²) in [5.74, 6) is 0.0813. The number of anilines is 1. The van der Waals surface area contributed by atoms with Gasteiger partial charge >= 0.3 is 0 Å². The second-order valence-electron chi connectivity index (χ2n) is 7.76. The molecule has 0 radical (unpaired) electrons. The number of benzene rings is 3. The number of carbonyl (C=O) groups is 1. The summed E-state index contributed by atoms with van der Waals surface area (Å²) in [7, 11) is 0.778. The van der Waals surface area contributed by atoms with Crippen LogP contribution >= 0.6 is 11.3 Å². The Morgan fingerprint density at radius 3 is 2.27 bits per heavy atom. The van der Waals surface area contributed by atoms with Crippen molar-refractivity contribution < 1.29 is 31.8 Å². The van der Waals surface area contributed by atoms with E-state index in [9.17, 15) is 17.6 Å². The standard InChI is InChI=1S/C25H24FN3O6S2/c1-33-13-12-29-20-14-21(34-2)22(35-3)15-23(20)36-25(29)27-24(30)16-4-8-18(9-5-16)28-37(31,32)19-10-6-17(26)7-11-19/h4-11,14-15,28H,12-13H2,1-3H3. The molecule has 3 aromatic carbocycles. The van der Waals surface area contributed by atoms with Gasteiger partial charge in [0.15, 0.2) is 16.3 Å². The normalized spacial score (nSPS) is 12.1. The zero-order valence-electron chi connectivity index (χ0n) is 20.2. The summed E-state index contributed by atoms with van der Waals surface area (Å²) in [6.07, 6.45) is 0. The van der Waals surface area contributed by atoms with E-state index in [4.69, 9.17) is 14.2 Å². The van der Waals surface area contributed by atoms with Gasteiger partial charge in [0.2, 0.25) is 0 Å². The fourth-order valence-corrected chi connectivity index (χ4v) is 5.66. The molecule has 0 spiro atoms. The summed E-state index contributed by atoms with van der Waals surface area (Å²) in [5, 5.41) is 0. The van der Waals surface area contributed by atoms with E-state index in [1.165, 1.54) is 47.7 Å². The van der Waals surface area contributed by atoms with Gasteiger partial charge in [0.25, 0.3) is 15.9 Å². The number of aromatic nitrogens is 1. The number of halogens is 1. The molecule has 9 nitrogen and oxygen atoms in total. The van der Waals surface area contributed by atoms with Crippen molar-refractivity contribution in [1.29, 1.82) is 0 Å². The Morgan fingerprint density at radius 2 is 1.65 bits per heavy atom. The second-order valence-corrected chi connectivity index (χ2v) is 10.4. The second kappa shape index (κ2) is 11.1. The fourth-order valence-electron chi connectivity index (χ4n) is 3.54. The molecule has 12 heteroatoms. The molecule has 1 heterocycles. The van der Waals surface area contributed by atoms with Crippen molar-refractivity contribution in [2.24, 2.45) is 4.99 Å². The number of amides is 1. The van der Waals surface area contributed by atoms with E-state index in [0.29, 0.717) is 29.5 Å². The summed E-state index contributed by atoms with van der Waals surface area (Å²) in [4.78, 5) is 17.7. The molecule has 0 aliphatic rings. The van der Waals surface area contributed by atoms with Crippen LogP contribution in [0, 0.1) is 5.82 Å². The lowest BCUT2D eigenvalue weighted by Gasteiger charge is -2.09. The highest BCUT2D eigenvalue weighted by atomic mass is 32.2. The summed E-state index contributed by atoms with van der Waals surface area (Å²) < 4.78 is 59.3. The molecule has 0 saturated heterocycles. The van der Waals surface area contributed by atoms with Gasteiger partial charge in [-0.15, -0.1) is 0 Å². The van der Waals surface area contributed by atoms with Gasteiger partial charge in [0.05, 0.1) is 35.9 Å². The molecule has 0 unspecified atom stereocenters. The number of fused-ring (bicyclic) bond motifs is 1. The van der Waals surface area contributed by atoms with Gasteiger partial charge < -0.3 is 18.8 Å². The largest absolute Gasteiger partial charge is 0.493 e. The first-order chi connectivity index (χ1) is 17.7. The molecule has 1 aromatic heterocycles. The van der Waals surface area contributed by atoms with Gasteiger partial charge in [-0.25, -0.2) is 12.8 Å². The molecule has 37 heavy (non-hydrogen) atoms. The molecule has 0 aliphatic heterocycles. The number of hydrogen-bond acceptors (Lipinski definition) is 7. The lowest BCUT2D eigenvalue weighted by atomic mass is 10.2. The Kier molecular flexibility index (Phi) is 7.91. The number of methoxy groups -OCH3 is 3. The first kappa shape index (κ1) is 26.3. The number of thiazole rings is 1. The van der Waals surface area contributed by atoms with Crippen LogP contribution in [0.2, 0.25) is 0 Å². The van der Waals surface area contributed by atoms with Gasteiger partial charge in [-0.1, -0.05) is 11.3 Å². The van der Waals surface area contributed by atoms with Crippen LogP contribution in [0.4, 0.5) is 10.1 Å². The van der Waals surface area contributed by atoms with E-state index >= 15 is 0 Å². The Morgan fingerprint density at radius 1 is 1.00 bits per heavy atom. The number of nitrogens with one attached hydrogen (secondary N) is 1. The zero-order chi connectivity index (χ0) is 26.6. The van der Waals surface area contributed by atoms with Gasteiger partial charge in [-0.05, 0) is 48.5 Å². The Labute approximate surface area is 216 Å². The third-order valence-corrected chi connectivity index (χ3v) is 7.85. The van der Waals surface area contributed by atoms with Crippen LogP contribution in [0.3, 0.4) is 0 Å². The highest BCUT2D eigenvalue weighted by Crippen LogP contribution is 2.33. The molecular weight excluding hydrogens is 521 g/mol. The molecule has 0 saturated carbocycles. The maximum absolute atomic E-state index is 13.1. The topological polar surface area (TPSA) is 108 Å². The Balaban J connectivity index is 1.64. The molecule has 1 N–H and O–H groups in total. The minimum Gasteiger partial charge on any atom is -0.493 e. The predicted molar refractivity (Wildman–Crippen MR) is 138 cm³/mol. The lowest BCUT2D eigenvalue weighted by molar-refractivity contribution is 0.0997. The minimum atomic E-state index is -3.91. The number of carbonyl (C=O) groups excluding carboxylic acids is 1. The van der Waals surface area contributed by atoms with Crippen LogP contribution < -0.4 is 19.0 Å². The highest BCUT2D eigenvalue weighted by molar-refractivity contribution is 7.92. The van der Waals surface area contributed by atoms with E-state index in [0.717, 1.165) is 22.3 Å². The summed E-state index contributed by atoms with van der Waals surface area (Å²) in [6.45, 7) is 0.868. The molecule has 1 amide bonds. The van der Waals surface area contributed by atoms with E-state index < -0.39 is 21.7 Å². The lowest BCUT2D eigenvalue weighted by Crippen LogP contribution is -2.19. The molecule has 4 aromatic rings. The summed E-state index contributed by atoms with van der Waals surface area (Å²) >= 11 is 1.32. The Bertz CT molecular complexity index is 1590. The monoisotopic (exact) mass is 545 g/mol. The van der Waals surface area contributed by atoms with Crippen molar-refractivity contribution in [3.05, 3.63) is 76.8 Å². The van der Waals surface area contributed by atoms with E-state index in [1.54, 1.807) is 21.3 Å². The number of rotatable bonds is 9. The van der Waals surface area contributed by atoms with Crippen LogP contribution in [0.5, 0.6) is 11.5 Å². The third kappa shape index (κ3) is 5.82. The molecule has 0 atom stereocenters. The van der Waals surface area contributed by atoms with Crippen molar-refractivity contribution in [2.75, 3.05) is 32.7 Å². The molecule has 0 aliphatic carbocycles. The van der Waals surface area contributed by atoms with Gasteiger partial charge in [0, 0.05) is 37.0 Å². The van der Waals surface area contributed by atoms with Crippen molar-refractivity contribution >= 4 is 43.2 Å². The number of nitrogens with zero attached hydrogens (tertiary/aromatic N) is 2. The number of ether oxygens (including phenoxy) is 3. The van der Waals surface area contributed by atoms with Crippen LogP contribution in [0.1, 0.15) is 10.4 Å². The molecule has 4 rings (SSSR count).